The number of rotatable bonds is 2. The summed E-state index contributed by atoms with van der Waals surface area (Å²) in [5.41, 5.74) is 6.54. The third-order valence-electron chi connectivity index (χ3n) is 1.66. The largest absolute Gasteiger partial charge is 0.426 e. The highest BCUT2D eigenvalue weighted by Crippen LogP contribution is 2.22. The van der Waals surface area contributed by atoms with Gasteiger partial charge >= 0.3 is 5.97 Å². The summed E-state index contributed by atoms with van der Waals surface area (Å²) >= 11 is 0. The Balaban J connectivity index is 2.97. The minimum atomic E-state index is -0.326. The highest BCUT2D eigenvalue weighted by Gasteiger charge is 2.08. The topological polar surface area (TPSA) is 52.3 Å². The third kappa shape index (κ3) is 2.56. The van der Waals surface area contributed by atoms with Crippen LogP contribution < -0.4 is 10.5 Å². The maximum absolute atomic E-state index is 10.7. The van der Waals surface area contributed by atoms with Crippen molar-refractivity contribution in [2.75, 3.05) is 0 Å². The number of ether oxygens (including phenoxy) is 1. The molecular formula is C10H13NO2. The van der Waals surface area contributed by atoms with Crippen LogP contribution in [0.5, 0.6) is 5.75 Å². The van der Waals surface area contributed by atoms with E-state index in [0.29, 0.717) is 5.75 Å². The van der Waals surface area contributed by atoms with Crippen LogP contribution in [0, 0.1) is 0 Å². The van der Waals surface area contributed by atoms with E-state index in [0.717, 1.165) is 5.56 Å². The lowest BCUT2D eigenvalue weighted by atomic mass is 10.1. The molecule has 3 heteroatoms. The van der Waals surface area contributed by atoms with Crippen LogP contribution in [0.3, 0.4) is 0 Å². The standard InChI is InChI=1S/C10H13NO2/c1-7(11)9-5-3-4-6-10(9)13-8(2)12/h3-7H,11H2,1-2H3/t7-/m0/s1. The van der Waals surface area contributed by atoms with Crippen LogP contribution in [0.2, 0.25) is 0 Å². The second-order valence-corrected chi connectivity index (χ2v) is 2.92. The fourth-order valence-corrected chi connectivity index (χ4v) is 1.10. The molecule has 3 nitrogen and oxygen atoms in total. The molecule has 1 rings (SSSR count). The molecule has 0 unspecified atom stereocenters. The van der Waals surface area contributed by atoms with E-state index in [1.165, 1.54) is 6.92 Å². The number of hydrogen-bond acceptors (Lipinski definition) is 3. The highest BCUT2D eigenvalue weighted by atomic mass is 16.5. The van der Waals surface area contributed by atoms with E-state index in [9.17, 15) is 4.79 Å². The Morgan fingerprint density at radius 1 is 1.46 bits per heavy atom. The van der Waals surface area contributed by atoms with E-state index < -0.39 is 0 Å². The van der Waals surface area contributed by atoms with Gasteiger partial charge in [0.2, 0.25) is 0 Å². The molecule has 0 fully saturated rings. The Bertz CT molecular complexity index is 308. The van der Waals surface area contributed by atoms with Crippen LogP contribution >= 0.6 is 0 Å². The molecule has 0 aliphatic heterocycles. The molecule has 1 atom stereocenters. The molecule has 0 radical (unpaired) electrons. The van der Waals surface area contributed by atoms with Gasteiger partial charge in [0.25, 0.3) is 0 Å². The second kappa shape index (κ2) is 4.05. The van der Waals surface area contributed by atoms with Crippen molar-refractivity contribution in [1.82, 2.24) is 0 Å². The molecule has 1 aromatic rings. The molecule has 0 aliphatic carbocycles. The number of carbonyl (C=O) groups is 1. The molecule has 0 spiro atoms. The Kier molecular flexibility index (Phi) is 3.03. The van der Waals surface area contributed by atoms with Crippen LogP contribution in [0.15, 0.2) is 24.3 Å². The molecule has 0 heterocycles. The van der Waals surface area contributed by atoms with Crippen molar-refractivity contribution in [3.8, 4) is 5.75 Å². The minimum Gasteiger partial charge on any atom is -0.426 e. The maximum Gasteiger partial charge on any atom is 0.308 e. The van der Waals surface area contributed by atoms with Crippen LogP contribution in [0.4, 0.5) is 0 Å². The van der Waals surface area contributed by atoms with E-state index in [1.54, 1.807) is 6.07 Å². The molecule has 0 bridgehead atoms. The lowest BCUT2D eigenvalue weighted by Crippen LogP contribution is -2.10. The molecule has 0 aromatic heterocycles. The van der Waals surface area contributed by atoms with Gasteiger partial charge in [-0.15, -0.1) is 0 Å². The molecule has 13 heavy (non-hydrogen) atoms. The third-order valence-corrected chi connectivity index (χ3v) is 1.66. The van der Waals surface area contributed by atoms with Crippen molar-refractivity contribution in [3.05, 3.63) is 29.8 Å². The van der Waals surface area contributed by atoms with E-state index >= 15 is 0 Å². The lowest BCUT2D eigenvalue weighted by molar-refractivity contribution is -0.131. The molecule has 0 amide bonds. The zero-order chi connectivity index (χ0) is 9.84. The van der Waals surface area contributed by atoms with Crippen LogP contribution in [-0.2, 0) is 4.79 Å². The number of nitrogens with two attached hydrogens (primary N) is 1. The summed E-state index contributed by atoms with van der Waals surface area (Å²) in [6.45, 7) is 3.22. The molecular weight excluding hydrogens is 166 g/mol. The fourth-order valence-electron chi connectivity index (χ4n) is 1.10. The predicted octanol–water partition coefficient (Wildman–Crippen LogP) is 1.63. The first-order valence-electron chi connectivity index (χ1n) is 4.14. The summed E-state index contributed by atoms with van der Waals surface area (Å²) in [5.74, 6) is 0.220. The summed E-state index contributed by atoms with van der Waals surface area (Å²) < 4.78 is 4.99. The smallest absolute Gasteiger partial charge is 0.308 e. The second-order valence-electron chi connectivity index (χ2n) is 2.92. The first-order chi connectivity index (χ1) is 6.11. The zero-order valence-electron chi connectivity index (χ0n) is 7.78. The normalized spacial score (nSPS) is 12.2. The van der Waals surface area contributed by atoms with Crippen LogP contribution in [0.1, 0.15) is 25.5 Å². The van der Waals surface area contributed by atoms with Crippen LogP contribution in [0.25, 0.3) is 0 Å². The van der Waals surface area contributed by atoms with Crippen molar-refractivity contribution < 1.29 is 9.53 Å². The Morgan fingerprint density at radius 2 is 2.08 bits per heavy atom. The van der Waals surface area contributed by atoms with Gasteiger partial charge in [0.15, 0.2) is 0 Å². The number of carbonyl (C=O) groups excluding carboxylic acids is 1. The van der Waals surface area contributed by atoms with Crippen molar-refractivity contribution in [1.29, 1.82) is 0 Å². The summed E-state index contributed by atoms with van der Waals surface area (Å²) in [7, 11) is 0. The molecule has 1 aromatic carbocycles. The van der Waals surface area contributed by atoms with Crippen molar-refractivity contribution in [2.24, 2.45) is 5.73 Å². The average Bonchev–Trinajstić information content (AvgIpc) is 2.03. The first-order valence-corrected chi connectivity index (χ1v) is 4.14. The van der Waals surface area contributed by atoms with Gasteiger partial charge in [0.1, 0.15) is 5.75 Å². The number of para-hydroxylation sites is 1. The molecule has 0 aliphatic rings. The van der Waals surface area contributed by atoms with E-state index in [4.69, 9.17) is 10.5 Å². The van der Waals surface area contributed by atoms with Crippen molar-refractivity contribution in [2.45, 2.75) is 19.9 Å². The lowest BCUT2D eigenvalue weighted by Gasteiger charge is -2.10. The number of benzene rings is 1. The summed E-state index contributed by atoms with van der Waals surface area (Å²) in [5, 5.41) is 0. The highest BCUT2D eigenvalue weighted by molar-refractivity contribution is 5.69. The monoisotopic (exact) mass is 179 g/mol. The first kappa shape index (κ1) is 9.74. The molecule has 2 N–H and O–H groups in total. The predicted molar refractivity (Wildman–Crippen MR) is 50.4 cm³/mol. The summed E-state index contributed by atoms with van der Waals surface area (Å²) in [6.07, 6.45) is 0. The van der Waals surface area contributed by atoms with Gasteiger partial charge in [-0.05, 0) is 13.0 Å². The Morgan fingerprint density at radius 3 is 2.62 bits per heavy atom. The molecule has 0 saturated heterocycles. The quantitative estimate of drug-likeness (QED) is 0.554. The van der Waals surface area contributed by atoms with Gasteiger partial charge in [0.05, 0.1) is 0 Å². The fraction of sp³-hybridized carbons (Fsp3) is 0.300. The van der Waals surface area contributed by atoms with E-state index in [1.807, 2.05) is 25.1 Å². The number of esters is 1. The minimum absolute atomic E-state index is 0.129. The maximum atomic E-state index is 10.7. The molecule has 70 valence electrons. The van der Waals surface area contributed by atoms with Gasteiger partial charge in [-0.1, -0.05) is 18.2 Å². The Hall–Kier alpha value is -1.35. The zero-order valence-corrected chi connectivity index (χ0v) is 7.78. The van der Waals surface area contributed by atoms with E-state index in [-0.39, 0.29) is 12.0 Å². The summed E-state index contributed by atoms with van der Waals surface area (Å²) in [6, 6.07) is 7.13. The van der Waals surface area contributed by atoms with Crippen LogP contribution in [-0.4, -0.2) is 5.97 Å². The van der Waals surface area contributed by atoms with Gasteiger partial charge in [-0.25, -0.2) is 0 Å². The Labute approximate surface area is 77.5 Å². The van der Waals surface area contributed by atoms with Gasteiger partial charge in [0, 0.05) is 18.5 Å². The van der Waals surface area contributed by atoms with Gasteiger partial charge in [-0.3, -0.25) is 4.79 Å². The SMILES string of the molecule is CC(=O)Oc1ccccc1[C@H](C)N. The van der Waals surface area contributed by atoms with Crippen molar-refractivity contribution in [3.63, 3.8) is 0 Å². The number of hydrogen-bond donors (Lipinski definition) is 1. The van der Waals surface area contributed by atoms with Gasteiger partial charge < -0.3 is 10.5 Å². The summed E-state index contributed by atoms with van der Waals surface area (Å²) in [4.78, 5) is 10.7. The van der Waals surface area contributed by atoms with Crippen molar-refractivity contribution >= 4 is 5.97 Å². The average molecular weight is 179 g/mol. The van der Waals surface area contributed by atoms with E-state index in [2.05, 4.69) is 0 Å². The van der Waals surface area contributed by atoms with Gasteiger partial charge in [-0.2, -0.15) is 0 Å². The molecule has 0 saturated carbocycles.